The van der Waals surface area contributed by atoms with Crippen molar-refractivity contribution in [3.05, 3.63) is 35.3 Å². The highest BCUT2D eigenvalue weighted by atomic mass is 16.5. The van der Waals surface area contributed by atoms with Crippen molar-refractivity contribution in [1.29, 1.82) is 0 Å². The third-order valence-electron chi connectivity index (χ3n) is 4.71. The summed E-state index contributed by atoms with van der Waals surface area (Å²) in [6.45, 7) is 4.69. The van der Waals surface area contributed by atoms with Gasteiger partial charge in [-0.15, -0.1) is 0 Å². The van der Waals surface area contributed by atoms with E-state index in [0.717, 1.165) is 5.56 Å². The Morgan fingerprint density at radius 3 is 2.38 bits per heavy atom. The monoisotopic (exact) mass is 400 g/mol. The average molecular weight is 400 g/mol. The van der Waals surface area contributed by atoms with Crippen molar-refractivity contribution >= 4 is 30.3 Å². The van der Waals surface area contributed by atoms with Crippen LogP contribution < -0.4 is 14.4 Å². The number of rotatable bonds is 9. The zero-order valence-electron chi connectivity index (χ0n) is 17.8. The lowest BCUT2D eigenvalue weighted by molar-refractivity contribution is -0.107. The minimum atomic E-state index is -0.191. The Morgan fingerprint density at radius 2 is 1.83 bits per heavy atom. The molecule has 0 spiro atoms. The highest BCUT2D eigenvalue weighted by Gasteiger charge is 2.25. The fourth-order valence-corrected chi connectivity index (χ4v) is 2.82. The third-order valence-corrected chi connectivity index (χ3v) is 4.71. The second kappa shape index (κ2) is 9.77. The van der Waals surface area contributed by atoms with Crippen LogP contribution in [0, 0.1) is 0 Å². The molecule has 8 nitrogen and oxygen atoms in total. The zero-order valence-corrected chi connectivity index (χ0v) is 17.8. The molecule has 0 saturated heterocycles. The van der Waals surface area contributed by atoms with Crippen LogP contribution in [0.25, 0.3) is 12.2 Å². The van der Waals surface area contributed by atoms with Crippen LogP contribution in [-0.4, -0.2) is 61.1 Å². The highest BCUT2D eigenvalue weighted by molar-refractivity contribution is 6.00. The molecule has 2 aromatic rings. The maximum Gasteiger partial charge on any atom is 0.274 e. The number of benzene rings is 1. The number of ether oxygens (including phenoxy) is 2. The van der Waals surface area contributed by atoms with Crippen molar-refractivity contribution in [2.75, 3.05) is 39.3 Å². The van der Waals surface area contributed by atoms with Gasteiger partial charge in [-0.05, 0) is 37.6 Å². The van der Waals surface area contributed by atoms with Crippen LogP contribution in [0.2, 0.25) is 0 Å². The molecule has 0 fully saturated rings. The Bertz CT molecular complexity index is 904. The van der Waals surface area contributed by atoms with Gasteiger partial charge < -0.3 is 18.9 Å². The second-order valence-corrected chi connectivity index (χ2v) is 6.36. The van der Waals surface area contributed by atoms with E-state index >= 15 is 0 Å². The van der Waals surface area contributed by atoms with E-state index in [9.17, 15) is 9.59 Å². The summed E-state index contributed by atoms with van der Waals surface area (Å²) in [6, 6.07) is 5.56. The molecule has 2 rings (SSSR count). The number of imidazole rings is 1. The standard InChI is InChI=1S/C21H28N4O4/c1-7-23(3)21(27)19-20(25(8-2)14-26)22-18(24(19)4)12-10-15-9-11-16(28-5)17(13-15)29-6/h9-14H,7-8H2,1-6H3/b12-10+. The first kappa shape index (κ1) is 22.0. The van der Waals surface area contributed by atoms with E-state index < -0.39 is 0 Å². The smallest absolute Gasteiger partial charge is 0.274 e. The minimum absolute atomic E-state index is 0.191. The number of amides is 2. The molecule has 1 aromatic carbocycles. The SMILES string of the molecule is CCN(C)C(=O)c1c(N(C=O)CC)nc(/C=C/c2ccc(OC)c(OC)c2)n1C. The molecule has 2 amide bonds. The number of hydrogen-bond acceptors (Lipinski definition) is 5. The Kier molecular flexibility index (Phi) is 7.41. The predicted octanol–water partition coefficient (Wildman–Crippen LogP) is 2.68. The Morgan fingerprint density at radius 1 is 1.14 bits per heavy atom. The van der Waals surface area contributed by atoms with Gasteiger partial charge in [-0.25, -0.2) is 4.98 Å². The van der Waals surface area contributed by atoms with Gasteiger partial charge in [-0.2, -0.15) is 0 Å². The molecule has 8 heteroatoms. The molecule has 0 unspecified atom stereocenters. The number of carbonyl (C=O) groups is 2. The minimum Gasteiger partial charge on any atom is -0.493 e. The summed E-state index contributed by atoms with van der Waals surface area (Å²) in [7, 11) is 6.65. The summed E-state index contributed by atoms with van der Waals surface area (Å²) < 4.78 is 12.3. The van der Waals surface area contributed by atoms with E-state index in [4.69, 9.17) is 9.47 Å². The lowest BCUT2D eigenvalue weighted by Gasteiger charge is -2.18. The summed E-state index contributed by atoms with van der Waals surface area (Å²) in [4.78, 5) is 31.9. The molecular formula is C21H28N4O4. The van der Waals surface area contributed by atoms with E-state index in [1.165, 1.54) is 4.90 Å². The van der Waals surface area contributed by atoms with Crippen LogP contribution in [0.15, 0.2) is 18.2 Å². The molecule has 0 bridgehead atoms. The van der Waals surface area contributed by atoms with E-state index in [-0.39, 0.29) is 5.91 Å². The molecule has 0 aliphatic carbocycles. The van der Waals surface area contributed by atoms with Gasteiger partial charge in [0.05, 0.1) is 14.2 Å². The first-order valence-electron chi connectivity index (χ1n) is 9.35. The summed E-state index contributed by atoms with van der Waals surface area (Å²) in [5, 5.41) is 0. The normalized spacial score (nSPS) is 10.8. The lowest BCUT2D eigenvalue weighted by atomic mass is 10.2. The van der Waals surface area contributed by atoms with Crippen LogP contribution in [0.5, 0.6) is 11.5 Å². The lowest BCUT2D eigenvalue weighted by Crippen LogP contribution is -2.31. The molecule has 29 heavy (non-hydrogen) atoms. The Balaban J connectivity index is 2.49. The van der Waals surface area contributed by atoms with Crippen LogP contribution in [0.4, 0.5) is 5.82 Å². The fraction of sp³-hybridized carbons (Fsp3) is 0.381. The van der Waals surface area contributed by atoms with Gasteiger partial charge in [0.15, 0.2) is 23.0 Å². The molecule has 0 N–H and O–H groups in total. The quantitative estimate of drug-likeness (QED) is 0.605. The highest BCUT2D eigenvalue weighted by Crippen LogP contribution is 2.28. The summed E-state index contributed by atoms with van der Waals surface area (Å²) in [6.07, 6.45) is 4.35. The van der Waals surface area contributed by atoms with Crippen molar-refractivity contribution in [3.63, 3.8) is 0 Å². The molecule has 0 radical (unpaired) electrons. The molecule has 0 aliphatic heterocycles. The summed E-state index contributed by atoms with van der Waals surface area (Å²) in [5.74, 6) is 1.98. The third kappa shape index (κ3) is 4.59. The van der Waals surface area contributed by atoms with E-state index in [0.29, 0.717) is 48.3 Å². The van der Waals surface area contributed by atoms with Gasteiger partial charge in [0.1, 0.15) is 5.82 Å². The first-order valence-corrected chi connectivity index (χ1v) is 9.35. The maximum absolute atomic E-state index is 12.9. The van der Waals surface area contributed by atoms with Gasteiger partial charge >= 0.3 is 0 Å². The molecular weight excluding hydrogens is 372 g/mol. The topological polar surface area (TPSA) is 76.9 Å². The number of carbonyl (C=O) groups excluding carboxylic acids is 2. The average Bonchev–Trinajstić information content (AvgIpc) is 3.07. The van der Waals surface area contributed by atoms with Crippen LogP contribution in [0.1, 0.15) is 35.7 Å². The molecule has 156 valence electrons. The molecule has 1 heterocycles. The predicted molar refractivity (Wildman–Crippen MR) is 113 cm³/mol. The summed E-state index contributed by atoms with van der Waals surface area (Å²) >= 11 is 0. The number of hydrogen-bond donors (Lipinski definition) is 0. The second-order valence-electron chi connectivity index (χ2n) is 6.36. The molecule has 0 atom stereocenters. The molecule has 0 aliphatic rings. The van der Waals surface area contributed by atoms with Crippen LogP contribution in [0.3, 0.4) is 0 Å². The van der Waals surface area contributed by atoms with Crippen molar-refractivity contribution in [3.8, 4) is 11.5 Å². The van der Waals surface area contributed by atoms with Gasteiger partial charge in [0, 0.05) is 27.2 Å². The summed E-state index contributed by atoms with van der Waals surface area (Å²) in [5.41, 5.74) is 1.25. The number of methoxy groups -OCH3 is 2. The number of anilines is 1. The van der Waals surface area contributed by atoms with Crippen molar-refractivity contribution in [1.82, 2.24) is 14.5 Å². The van der Waals surface area contributed by atoms with Crippen molar-refractivity contribution < 1.29 is 19.1 Å². The van der Waals surface area contributed by atoms with Crippen LogP contribution >= 0.6 is 0 Å². The maximum atomic E-state index is 12.9. The van der Waals surface area contributed by atoms with Gasteiger partial charge in [0.25, 0.3) is 5.91 Å². The first-order chi connectivity index (χ1) is 13.9. The van der Waals surface area contributed by atoms with E-state index in [1.807, 2.05) is 38.1 Å². The van der Waals surface area contributed by atoms with Crippen LogP contribution in [-0.2, 0) is 11.8 Å². The fourth-order valence-electron chi connectivity index (χ4n) is 2.82. The zero-order chi connectivity index (χ0) is 21.6. The number of aromatic nitrogens is 2. The Hall–Kier alpha value is -3.29. The molecule has 1 aromatic heterocycles. The van der Waals surface area contributed by atoms with Gasteiger partial charge in [-0.3, -0.25) is 14.5 Å². The van der Waals surface area contributed by atoms with Crippen molar-refractivity contribution in [2.24, 2.45) is 7.05 Å². The van der Waals surface area contributed by atoms with Gasteiger partial charge in [0.2, 0.25) is 6.41 Å². The van der Waals surface area contributed by atoms with Gasteiger partial charge in [-0.1, -0.05) is 12.1 Å². The number of nitrogens with zero attached hydrogens (tertiary/aromatic N) is 4. The molecule has 0 saturated carbocycles. The van der Waals surface area contributed by atoms with E-state index in [1.54, 1.807) is 43.9 Å². The largest absolute Gasteiger partial charge is 0.493 e. The van der Waals surface area contributed by atoms with Crippen molar-refractivity contribution in [2.45, 2.75) is 13.8 Å². The van der Waals surface area contributed by atoms with E-state index in [2.05, 4.69) is 4.98 Å². The Labute approximate surface area is 171 Å².